The van der Waals surface area contributed by atoms with Crippen LogP contribution in [-0.4, -0.2) is 36.5 Å². The summed E-state index contributed by atoms with van der Waals surface area (Å²) in [5.41, 5.74) is 2.31. The summed E-state index contributed by atoms with van der Waals surface area (Å²) in [5.74, 6) is -0.475. The van der Waals surface area contributed by atoms with Gasteiger partial charge in [-0.25, -0.2) is 0 Å². The van der Waals surface area contributed by atoms with Gasteiger partial charge in [-0.3, -0.25) is 9.59 Å². The highest BCUT2D eigenvalue weighted by Crippen LogP contribution is 2.36. The first-order valence-electron chi connectivity index (χ1n) is 6.49. The van der Waals surface area contributed by atoms with Crippen LogP contribution in [0, 0.1) is 0 Å². The first-order chi connectivity index (χ1) is 9.04. The third-order valence-electron chi connectivity index (χ3n) is 3.59. The highest BCUT2D eigenvalue weighted by Gasteiger charge is 2.36. The molecule has 0 heterocycles. The van der Waals surface area contributed by atoms with Crippen LogP contribution in [0.2, 0.25) is 0 Å². The van der Waals surface area contributed by atoms with Crippen LogP contribution in [0.5, 0.6) is 0 Å². The quantitative estimate of drug-likeness (QED) is 0.776. The van der Waals surface area contributed by atoms with E-state index in [-0.39, 0.29) is 30.4 Å². The molecule has 2 rings (SSSR count). The van der Waals surface area contributed by atoms with Gasteiger partial charge in [-0.05, 0) is 31.4 Å². The Morgan fingerprint density at radius 3 is 2.63 bits per heavy atom. The second kappa shape index (κ2) is 5.43. The topological polar surface area (TPSA) is 46.6 Å². The number of hydrogen-bond donors (Lipinski definition) is 0. The third kappa shape index (κ3) is 2.62. The maximum atomic E-state index is 12.5. The first kappa shape index (κ1) is 13.6. The zero-order chi connectivity index (χ0) is 14.0. The summed E-state index contributed by atoms with van der Waals surface area (Å²) in [7, 11) is 1.34. The minimum atomic E-state index is -0.380. The molecule has 1 aliphatic carbocycles. The van der Waals surface area contributed by atoms with Crippen molar-refractivity contribution in [1.29, 1.82) is 0 Å². The van der Waals surface area contributed by atoms with Gasteiger partial charge in [0, 0.05) is 6.04 Å². The van der Waals surface area contributed by atoms with Crippen molar-refractivity contribution in [3.8, 4) is 0 Å². The van der Waals surface area contributed by atoms with Gasteiger partial charge in [0.2, 0.25) is 5.91 Å². The number of rotatable bonds is 4. The lowest BCUT2D eigenvalue weighted by Gasteiger charge is -2.35. The number of hydrogen-bond acceptors (Lipinski definition) is 3. The zero-order valence-corrected chi connectivity index (χ0v) is 11.6. The Labute approximate surface area is 113 Å². The second-order valence-corrected chi connectivity index (χ2v) is 5.09. The molecule has 0 saturated carbocycles. The van der Waals surface area contributed by atoms with E-state index < -0.39 is 0 Å². The van der Waals surface area contributed by atoms with Gasteiger partial charge in [0.25, 0.3) is 0 Å². The summed E-state index contributed by atoms with van der Waals surface area (Å²) in [6.45, 7) is 3.84. The van der Waals surface area contributed by atoms with E-state index in [9.17, 15) is 9.59 Å². The number of esters is 1. The van der Waals surface area contributed by atoms with Gasteiger partial charge in [-0.2, -0.15) is 0 Å². The van der Waals surface area contributed by atoms with Gasteiger partial charge < -0.3 is 9.64 Å². The maximum absolute atomic E-state index is 12.5. The molecule has 0 bridgehead atoms. The highest BCUT2D eigenvalue weighted by molar-refractivity contribution is 5.89. The Balaban J connectivity index is 2.12. The maximum Gasteiger partial charge on any atom is 0.325 e. The summed E-state index contributed by atoms with van der Waals surface area (Å²) in [4.78, 5) is 25.5. The minimum Gasteiger partial charge on any atom is -0.468 e. The molecule has 0 N–H and O–H groups in total. The Morgan fingerprint density at radius 2 is 2.05 bits per heavy atom. The number of benzene rings is 1. The van der Waals surface area contributed by atoms with Crippen molar-refractivity contribution < 1.29 is 14.3 Å². The van der Waals surface area contributed by atoms with E-state index in [1.54, 1.807) is 4.90 Å². The third-order valence-corrected chi connectivity index (χ3v) is 3.59. The van der Waals surface area contributed by atoms with Crippen LogP contribution in [0.4, 0.5) is 0 Å². The van der Waals surface area contributed by atoms with Crippen molar-refractivity contribution in [2.45, 2.75) is 32.2 Å². The van der Waals surface area contributed by atoms with Crippen LogP contribution < -0.4 is 0 Å². The van der Waals surface area contributed by atoms with Gasteiger partial charge in [0.05, 0.1) is 13.0 Å². The predicted molar refractivity (Wildman–Crippen MR) is 71.8 cm³/mol. The molecule has 102 valence electrons. The molecule has 0 fully saturated rings. The molecule has 0 aromatic heterocycles. The molecule has 1 amide bonds. The second-order valence-electron chi connectivity index (χ2n) is 5.09. The van der Waals surface area contributed by atoms with Crippen LogP contribution in [0.15, 0.2) is 24.3 Å². The average molecular weight is 261 g/mol. The van der Waals surface area contributed by atoms with Crippen LogP contribution in [0.1, 0.15) is 30.9 Å². The number of amides is 1. The van der Waals surface area contributed by atoms with Gasteiger partial charge >= 0.3 is 5.97 Å². The van der Waals surface area contributed by atoms with E-state index in [0.717, 1.165) is 12.0 Å². The number of methoxy groups -OCH3 is 1. The zero-order valence-electron chi connectivity index (χ0n) is 11.6. The van der Waals surface area contributed by atoms with Crippen LogP contribution in [-0.2, 0) is 20.7 Å². The largest absolute Gasteiger partial charge is 0.468 e. The molecule has 0 radical (unpaired) electrons. The molecule has 0 spiro atoms. The number of ether oxygens (including phenoxy) is 1. The average Bonchev–Trinajstić information content (AvgIpc) is 2.36. The molecule has 1 aromatic rings. The molecule has 4 nitrogen and oxygen atoms in total. The Kier molecular flexibility index (Phi) is 3.88. The molecule has 0 aliphatic heterocycles. The highest BCUT2D eigenvalue weighted by atomic mass is 16.5. The summed E-state index contributed by atoms with van der Waals surface area (Å²) >= 11 is 0. The van der Waals surface area contributed by atoms with E-state index in [4.69, 9.17) is 0 Å². The van der Waals surface area contributed by atoms with E-state index in [0.29, 0.717) is 0 Å². The smallest absolute Gasteiger partial charge is 0.325 e. The fourth-order valence-electron chi connectivity index (χ4n) is 2.40. The van der Waals surface area contributed by atoms with Crippen molar-refractivity contribution in [2.24, 2.45) is 0 Å². The van der Waals surface area contributed by atoms with Crippen LogP contribution >= 0.6 is 0 Å². The monoisotopic (exact) mass is 261 g/mol. The van der Waals surface area contributed by atoms with Crippen LogP contribution in [0.3, 0.4) is 0 Å². The van der Waals surface area contributed by atoms with E-state index in [1.807, 2.05) is 38.1 Å². The molecule has 0 saturated heterocycles. The van der Waals surface area contributed by atoms with Crippen molar-refractivity contribution in [1.82, 2.24) is 4.90 Å². The molecule has 1 aliphatic rings. The first-order valence-corrected chi connectivity index (χ1v) is 6.49. The number of fused-ring (bicyclic) bond motifs is 1. The Morgan fingerprint density at radius 1 is 1.37 bits per heavy atom. The minimum absolute atomic E-state index is 0.0131. The summed E-state index contributed by atoms with van der Waals surface area (Å²) in [5, 5.41) is 0. The fraction of sp³-hybridized carbons (Fsp3) is 0.467. The normalized spacial score (nSPS) is 16.5. The van der Waals surface area contributed by atoms with Crippen molar-refractivity contribution in [3.05, 3.63) is 35.4 Å². The summed E-state index contributed by atoms with van der Waals surface area (Å²) in [6, 6.07) is 7.93. The molecule has 19 heavy (non-hydrogen) atoms. The number of nitrogens with zero attached hydrogens (tertiary/aromatic N) is 1. The fourth-order valence-corrected chi connectivity index (χ4v) is 2.40. The van der Waals surface area contributed by atoms with Gasteiger partial charge in [-0.15, -0.1) is 0 Å². The molecule has 4 heteroatoms. The van der Waals surface area contributed by atoms with E-state index in [1.165, 1.54) is 12.7 Å². The predicted octanol–water partition coefficient (Wildman–Crippen LogP) is 1.74. The van der Waals surface area contributed by atoms with E-state index >= 15 is 0 Å². The summed E-state index contributed by atoms with van der Waals surface area (Å²) in [6.07, 6.45) is 0.763. The van der Waals surface area contributed by atoms with E-state index in [2.05, 4.69) is 4.74 Å². The molecule has 1 atom stereocenters. The molecule has 1 aromatic carbocycles. The lowest BCUT2D eigenvalue weighted by atomic mass is 9.76. The van der Waals surface area contributed by atoms with Gasteiger partial charge in [0.1, 0.15) is 6.54 Å². The number of carbonyl (C=O) groups excluding carboxylic acids is 2. The standard InChI is InChI=1S/C15H19NO3/c1-10(2)16(9-14(17)19-3)15(18)13-8-11-6-4-5-7-12(11)13/h4-7,10,13H,8-9H2,1-3H3. The summed E-state index contributed by atoms with van der Waals surface area (Å²) < 4.78 is 4.65. The lowest BCUT2D eigenvalue weighted by molar-refractivity contribution is -0.149. The van der Waals surface area contributed by atoms with Gasteiger partial charge in [-0.1, -0.05) is 24.3 Å². The lowest BCUT2D eigenvalue weighted by Crippen LogP contribution is -2.45. The Hall–Kier alpha value is -1.84. The van der Waals surface area contributed by atoms with Crippen molar-refractivity contribution in [3.63, 3.8) is 0 Å². The molecule has 1 unspecified atom stereocenters. The Bertz CT molecular complexity index is 496. The number of carbonyl (C=O) groups is 2. The SMILES string of the molecule is COC(=O)CN(C(=O)C1Cc2ccccc21)C(C)C. The molecular weight excluding hydrogens is 242 g/mol. The van der Waals surface area contributed by atoms with Gasteiger partial charge in [0.15, 0.2) is 0 Å². The van der Waals surface area contributed by atoms with Crippen molar-refractivity contribution >= 4 is 11.9 Å². The van der Waals surface area contributed by atoms with Crippen LogP contribution in [0.25, 0.3) is 0 Å². The van der Waals surface area contributed by atoms with Crippen molar-refractivity contribution in [2.75, 3.05) is 13.7 Å². The molecular formula is C15H19NO3.